The van der Waals surface area contributed by atoms with Gasteiger partial charge in [0.25, 0.3) is 0 Å². The van der Waals surface area contributed by atoms with E-state index in [1.807, 2.05) is 0 Å². The first-order valence-electron chi connectivity index (χ1n) is 2.66. The van der Waals surface area contributed by atoms with Crippen molar-refractivity contribution in [2.45, 2.75) is 13.8 Å². The van der Waals surface area contributed by atoms with Crippen molar-refractivity contribution >= 4 is 0 Å². The zero-order valence-corrected chi connectivity index (χ0v) is 4.91. The van der Waals surface area contributed by atoms with Gasteiger partial charge in [0.1, 0.15) is 0 Å². The van der Waals surface area contributed by atoms with Crippen LogP contribution in [0.2, 0.25) is 0 Å². The predicted octanol–water partition coefficient (Wildman–Crippen LogP) is 0.926. The monoisotopic (exact) mass is 97.1 g/mol. The highest BCUT2D eigenvalue weighted by Crippen LogP contribution is 2.05. The summed E-state index contributed by atoms with van der Waals surface area (Å²) in [5, 5.41) is 3.25. The summed E-state index contributed by atoms with van der Waals surface area (Å²) in [6.07, 6.45) is 0. The third-order valence-electron chi connectivity index (χ3n) is 1.51. The van der Waals surface area contributed by atoms with Crippen LogP contribution in [0, 0.1) is 0 Å². The van der Waals surface area contributed by atoms with E-state index >= 15 is 0 Å². The van der Waals surface area contributed by atoms with E-state index in [1.165, 1.54) is 11.1 Å². The van der Waals surface area contributed by atoms with Gasteiger partial charge in [-0.3, -0.25) is 0 Å². The SMILES string of the molecule is CC1=C(C)CNC1. The van der Waals surface area contributed by atoms with Crippen molar-refractivity contribution in [2.24, 2.45) is 0 Å². The average Bonchev–Trinajstić information content (AvgIpc) is 1.91. The zero-order chi connectivity index (χ0) is 5.28. The molecule has 0 atom stereocenters. The highest BCUT2D eigenvalue weighted by Gasteiger charge is 2.02. The van der Waals surface area contributed by atoms with E-state index in [4.69, 9.17) is 0 Å². The van der Waals surface area contributed by atoms with Crippen LogP contribution in [0.15, 0.2) is 11.1 Å². The Morgan fingerprint density at radius 3 is 1.71 bits per heavy atom. The third kappa shape index (κ3) is 0.829. The maximum Gasteiger partial charge on any atom is 0.0167 e. The molecule has 0 saturated heterocycles. The van der Waals surface area contributed by atoms with E-state index in [-0.39, 0.29) is 0 Å². The molecule has 7 heavy (non-hydrogen) atoms. The number of hydrogen-bond acceptors (Lipinski definition) is 1. The second kappa shape index (κ2) is 1.66. The van der Waals surface area contributed by atoms with Gasteiger partial charge >= 0.3 is 0 Å². The highest BCUT2D eigenvalue weighted by molar-refractivity contribution is 5.17. The number of nitrogens with one attached hydrogen (secondary N) is 1. The summed E-state index contributed by atoms with van der Waals surface area (Å²) < 4.78 is 0. The third-order valence-corrected chi connectivity index (χ3v) is 1.51. The Morgan fingerprint density at radius 2 is 1.57 bits per heavy atom. The molecule has 0 amide bonds. The van der Waals surface area contributed by atoms with Crippen molar-refractivity contribution in [3.63, 3.8) is 0 Å². The summed E-state index contributed by atoms with van der Waals surface area (Å²) >= 11 is 0. The molecular formula is C6H11N. The van der Waals surface area contributed by atoms with E-state index in [0.717, 1.165) is 13.1 Å². The molecule has 0 saturated carbocycles. The first-order chi connectivity index (χ1) is 3.30. The lowest BCUT2D eigenvalue weighted by molar-refractivity contribution is 0.863. The lowest BCUT2D eigenvalue weighted by Gasteiger charge is -1.85. The van der Waals surface area contributed by atoms with Gasteiger partial charge in [0, 0.05) is 13.1 Å². The lowest BCUT2D eigenvalue weighted by atomic mass is 10.2. The number of rotatable bonds is 0. The van der Waals surface area contributed by atoms with Gasteiger partial charge in [-0.15, -0.1) is 0 Å². The summed E-state index contributed by atoms with van der Waals surface area (Å²) in [6, 6.07) is 0. The molecule has 0 aromatic carbocycles. The minimum absolute atomic E-state index is 1.10. The van der Waals surface area contributed by atoms with Crippen molar-refractivity contribution in [3.8, 4) is 0 Å². The molecule has 1 heterocycles. The molecule has 0 aromatic rings. The molecule has 1 N–H and O–H groups in total. The van der Waals surface area contributed by atoms with Gasteiger partial charge in [-0.05, 0) is 13.8 Å². The molecule has 0 aliphatic carbocycles. The maximum atomic E-state index is 3.25. The number of hydrogen-bond donors (Lipinski definition) is 1. The van der Waals surface area contributed by atoms with E-state index in [0.29, 0.717) is 0 Å². The van der Waals surface area contributed by atoms with Crippen LogP contribution in [0.3, 0.4) is 0 Å². The predicted molar refractivity (Wildman–Crippen MR) is 31.2 cm³/mol. The van der Waals surface area contributed by atoms with Crippen LogP contribution in [0.1, 0.15) is 13.8 Å². The van der Waals surface area contributed by atoms with Crippen LogP contribution in [0.5, 0.6) is 0 Å². The molecule has 1 heteroatoms. The van der Waals surface area contributed by atoms with Crippen molar-refractivity contribution in [3.05, 3.63) is 11.1 Å². The van der Waals surface area contributed by atoms with Crippen LogP contribution >= 0.6 is 0 Å². The Morgan fingerprint density at radius 1 is 1.14 bits per heavy atom. The molecule has 40 valence electrons. The minimum atomic E-state index is 1.10. The van der Waals surface area contributed by atoms with Crippen molar-refractivity contribution < 1.29 is 0 Å². The highest BCUT2D eigenvalue weighted by atomic mass is 14.9. The van der Waals surface area contributed by atoms with E-state index in [9.17, 15) is 0 Å². The Hall–Kier alpha value is -0.300. The van der Waals surface area contributed by atoms with E-state index in [2.05, 4.69) is 19.2 Å². The van der Waals surface area contributed by atoms with Crippen LogP contribution in [0.4, 0.5) is 0 Å². The molecule has 0 spiro atoms. The molecule has 0 radical (unpaired) electrons. The first kappa shape index (κ1) is 4.85. The van der Waals surface area contributed by atoms with Crippen molar-refractivity contribution in [1.29, 1.82) is 0 Å². The fourth-order valence-corrected chi connectivity index (χ4v) is 0.739. The van der Waals surface area contributed by atoms with Gasteiger partial charge in [0.05, 0.1) is 0 Å². The molecule has 1 rings (SSSR count). The Bertz CT molecular complexity index is 90.7. The fourth-order valence-electron chi connectivity index (χ4n) is 0.739. The van der Waals surface area contributed by atoms with Crippen molar-refractivity contribution in [2.75, 3.05) is 13.1 Å². The normalized spacial score (nSPS) is 21.4. The maximum absolute atomic E-state index is 3.25. The first-order valence-corrected chi connectivity index (χ1v) is 2.66. The summed E-state index contributed by atoms with van der Waals surface area (Å²) in [5.41, 5.74) is 3.03. The molecule has 0 bridgehead atoms. The zero-order valence-electron chi connectivity index (χ0n) is 4.91. The van der Waals surface area contributed by atoms with Crippen LogP contribution in [-0.4, -0.2) is 13.1 Å². The fraction of sp³-hybridized carbons (Fsp3) is 0.667. The Labute approximate surface area is 44.4 Å². The summed E-state index contributed by atoms with van der Waals surface area (Å²) in [5.74, 6) is 0. The molecule has 0 unspecified atom stereocenters. The topological polar surface area (TPSA) is 12.0 Å². The van der Waals surface area contributed by atoms with Crippen molar-refractivity contribution in [1.82, 2.24) is 5.32 Å². The van der Waals surface area contributed by atoms with Gasteiger partial charge in [0.15, 0.2) is 0 Å². The van der Waals surface area contributed by atoms with Gasteiger partial charge in [-0.25, -0.2) is 0 Å². The second-order valence-corrected chi connectivity index (χ2v) is 2.16. The molecule has 1 aliphatic heterocycles. The Balaban J connectivity index is 2.64. The molecule has 1 aliphatic rings. The van der Waals surface area contributed by atoms with E-state index < -0.39 is 0 Å². The average molecular weight is 97.2 g/mol. The summed E-state index contributed by atoms with van der Waals surface area (Å²) in [7, 11) is 0. The van der Waals surface area contributed by atoms with Gasteiger partial charge in [0.2, 0.25) is 0 Å². The van der Waals surface area contributed by atoms with E-state index in [1.54, 1.807) is 0 Å². The van der Waals surface area contributed by atoms with Crippen LogP contribution in [0.25, 0.3) is 0 Å². The minimum Gasteiger partial charge on any atom is -0.309 e. The quantitative estimate of drug-likeness (QED) is 0.443. The Kier molecular flexibility index (Phi) is 1.15. The summed E-state index contributed by atoms with van der Waals surface area (Å²) in [4.78, 5) is 0. The molecule has 0 aromatic heterocycles. The van der Waals surface area contributed by atoms with Gasteiger partial charge in [-0.2, -0.15) is 0 Å². The van der Waals surface area contributed by atoms with Gasteiger partial charge < -0.3 is 5.32 Å². The lowest BCUT2D eigenvalue weighted by Crippen LogP contribution is -2.07. The standard InChI is InChI=1S/C6H11N/c1-5-3-7-4-6(5)2/h7H,3-4H2,1-2H3. The largest absolute Gasteiger partial charge is 0.309 e. The molecular weight excluding hydrogens is 86.1 g/mol. The molecule has 0 fully saturated rings. The van der Waals surface area contributed by atoms with Gasteiger partial charge in [-0.1, -0.05) is 11.1 Å². The molecule has 1 nitrogen and oxygen atoms in total. The second-order valence-electron chi connectivity index (χ2n) is 2.16. The smallest absolute Gasteiger partial charge is 0.0167 e. The summed E-state index contributed by atoms with van der Waals surface area (Å²) in [6.45, 7) is 6.56. The van der Waals surface area contributed by atoms with Crippen LogP contribution < -0.4 is 5.32 Å². The van der Waals surface area contributed by atoms with Crippen LogP contribution in [-0.2, 0) is 0 Å².